The number of rotatable bonds is 4. The number of carbonyl (C=O) groups excluding carboxylic acids is 1. The van der Waals surface area contributed by atoms with Gasteiger partial charge in [-0.25, -0.2) is 9.18 Å². The van der Waals surface area contributed by atoms with Crippen LogP contribution in [0.15, 0.2) is 47.5 Å². The van der Waals surface area contributed by atoms with Crippen LogP contribution in [0.5, 0.6) is 0 Å². The minimum Gasteiger partial charge on any atom is -0.480 e. The molecule has 134 valence electrons. The van der Waals surface area contributed by atoms with Gasteiger partial charge >= 0.3 is 5.97 Å². The van der Waals surface area contributed by atoms with E-state index < -0.39 is 23.7 Å². The average molecular weight is 372 g/mol. The molecule has 0 aliphatic heterocycles. The SMILES string of the molecule is CCC(C(=O)O)n1/c(=N/C(=O)c2ccc(C)cc2)sc2c(F)cccc21. The topological polar surface area (TPSA) is 71.7 Å². The molecule has 0 fully saturated rings. The fraction of sp³-hybridized carbons (Fsp3) is 0.211. The van der Waals surface area contributed by atoms with Crippen LogP contribution in [0.1, 0.15) is 35.3 Å². The Morgan fingerprint density at radius 1 is 1.23 bits per heavy atom. The fourth-order valence-electron chi connectivity index (χ4n) is 2.72. The van der Waals surface area contributed by atoms with Crippen molar-refractivity contribution in [2.24, 2.45) is 4.99 Å². The van der Waals surface area contributed by atoms with Crippen LogP contribution in [0, 0.1) is 12.7 Å². The molecule has 3 rings (SSSR count). The lowest BCUT2D eigenvalue weighted by Crippen LogP contribution is -2.27. The van der Waals surface area contributed by atoms with E-state index in [9.17, 15) is 19.1 Å². The quantitative estimate of drug-likeness (QED) is 0.754. The molecule has 0 aliphatic carbocycles. The maximum absolute atomic E-state index is 14.2. The van der Waals surface area contributed by atoms with Gasteiger partial charge in [0.2, 0.25) is 0 Å². The number of hydrogen-bond donors (Lipinski definition) is 1. The number of aromatic nitrogens is 1. The number of thiazole rings is 1. The molecule has 0 spiro atoms. The van der Waals surface area contributed by atoms with Gasteiger partial charge in [-0.1, -0.05) is 42.0 Å². The van der Waals surface area contributed by atoms with E-state index in [1.165, 1.54) is 16.7 Å². The van der Waals surface area contributed by atoms with Crippen molar-refractivity contribution in [2.45, 2.75) is 26.3 Å². The van der Waals surface area contributed by atoms with Crippen LogP contribution in [0.3, 0.4) is 0 Å². The van der Waals surface area contributed by atoms with Crippen molar-refractivity contribution >= 4 is 33.4 Å². The van der Waals surface area contributed by atoms with Gasteiger partial charge in [-0.3, -0.25) is 4.79 Å². The van der Waals surface area contributed by atoms with Gasteiger partial charge in [-0.05, 0) is 37.6 Å². The summed E-state index contributed by atoms with van der Waals surface area (Å²) in [6, 6.07) is 10.4. The van der Waals surface area contributed by atoms with Crippen LogP contribution in [-0.4, -0.2) is 21.6 Å². The second kappa shape index (κ2) is 7.21. The van der Waals surface area contributed by atoms with Crippen LogP contribution in [0.4, 0.5) is 4.39 Å². The average Bonchev–Trinajstić information content (AvgIpc) is 2.95. The Morgan fingerprint density at radius 2 is 1.92 bits per heavy atom. The highest BCUT2D eigenvalue weighted by Gasteiger charge is 2.23. The maximum atomic E-state index is 14.2. The van der Waals surface area contributed by atoms with Crippen LogP contribution < -0.4 is 4.80 Å². The van der Waals surface area contributed by atoms with E-state index in [1.54, 1.807) is 37.3 Å². The molecule has 1 aromatic heterocycles. The molecule has 1 unspecified atom stereocenters. The van der Waals surface area contributed by atoms with Crippen molar-refractivity contribution in [3.05, 3.63) is 64.2 Å². The molecule has 0 aliphatic rings. The lowest BCUT2D eigenvalue weighted by atomic mass is 10.1. The molecular formula is C19H17FN2O3S. The van der Waals surface area contributed by atoms with Crippen molar-refractivity contribution in [3.8, 4) is 0 Å². The third kappa shape index (κ3) is 3.30. The minimum atomic E-state index is -1.05. The van der Waals surface area contributed by atoms with E-state index in [0.29, 0.717) is 11.1 Å². The van der Waals surface area contributed by atoms with E-state index in [2.05, 4.69) is 4.99 Å². The zero-order valence-corrected chi connectivity index (χ0v) is 15.1. The highest BCUT2D eigenvalue weighted by Crippen LogP contribution is 2.25. The monoisotopic (exact) mass is 372 g/mol. The van der Waals surface area contributed by atoms with Gasteiger partial charge in [-0.15, -0.1) is 0 Å². The Labute approximate surface area is 153 Å². The largest absolute Gasteiger partial charge is 0.480 e. The van der Waals surface area contributed by atoms with Gasteiger partial charge in [0.15, 0.2) is 4.80 Å². The molecular weight excluding hydrogens is 355 g/mol. The van der Waals surface area contributed by atoms with Gasteiger partial charge in [0.05, 0.1) is 10.2 Å². The Kier molecular flexibility index (Phi) is 4.99. The number of nitrogens with zero attached hydrogens (tertiary/aromatic N) is 2. The number of carbonyl (C=O) groups is 2. The lowest BCUT2D eigenvalue weighted by Gasteiger charge is -2.13. The summed E-state index contributed by atoms with van der Waals surface area (Å²) < 4.78 is 15.9. The highest BCUT2D eigenvalue weighted by molar-refractivity contribution is 7.16. The molecule has 5 nitrogen and oxygen atoms in total. The number of fused-ring (bicyclic) bond motifs is 1. The predicted molar refractivity (Wildman–Crippen MR) is 97.8 cm³/mol. The first-order valence-corrected chi connectivity index (χ1v) is 8.92. The summed E-state index contributed by atoms with van der Waals surface area (Å²) in [5.41, 5.74) is 1.82. The molecule has 1 atom stereocenters. The van der Waals surface area contributed by atoms with Crippen molar-refractivity contribution in [1.82, 2.24) is 4.57 Å². The van der Waals surface area contributed by atoms with Gasteiger partial charge in [0.1, 0.15) is 11.9 Å². The minimum absolute atomic E-state index is 0.171. The Hall–Kier alpha value is -2.80. The second-order valence-corrected chi connectivity index (χ2v) is 6.87. The highest BCUT2D eigenvalue weighted by atomic mass is 32.1. The zero-order valence-electron chi connectivity index (χ0n) is 14.3. The van der Waals surface area contributed by atoms with Gasteiger partial charge < -0.3 is 9.67 Å². The molecule has 26 heavy (non-hydrogen) atoms. The molecule has 1 amide bonds. The van der Waals surface area contributed by atoms with E-state index in [4.69, 9.17) is 0 Å². The van der Waals surface area contributed by atoms with E-state index in [1.807, 2.05) is 6.92 Å². The van der Waals surface area contributed by atoms with Crippen LogP contribution in [0.25, 0.3) is 10.2 Å². The summed E-state index contributed by atoms with van der Waals surface area (Å²) in [5, 5.41) is 9.54. The van der Waals surface area contributed by atoms with Gasteiger partial charge in [-0.2, -0.15) is 4.99 Å². The number of hydrogen-bond acceptors (Lipinski definition) is 3. The lowest BCUT2D eigenvalue weighted by molar-refractivity contribution is -0.140. The molecule has 1 heterocycles. The van der Waals surface area contributed by atoms with Crippen LogP contribution in [0.2, 0.25) is 0 Å². The number of aryl methyl sites for hydroxylation is 1. The summed E-state index contributed by atoms with van der Waals surface area (Å²) in [5.74, 6) is -2.02. The smallest absolute Gasteiger partial charge is 0.326 e. The molecule has 0 bridgehead atoms. The summed E-state index contributed by atoms with van der Waals surface area (Å²) >= 11 is 0.975. The first-order chi connectivity index (χ1) is 12.4. The number of amides is 1. The summed E-state index contributed by atoms with van der Waals surface area (Å²) in [7, 11) is 0. The fourth-order valence-corrected chi connectivity index (χ4v) is 3.80. The third-order valence-electron chi connectivity index (χ3n) is 4.08. The van der Waals surface area contributed by atoms with Crippen molar-refractivity contribution < 1.29 is 19.1 Å². The summed E-state index contributed by atoms with van der Waals surface area (Å²) in [6.45, 7) is 3.63. The third-order valence-corrected chi connectivity index (χ3v) is 5.16. The number of carboxylic acids is 1. The Morgan fingerprint density at radius 3 is 2.54 bits per heavy atom. The molecule has 3 aromatic rings. The zero-order chi connectivity index (χ0) is 18.8. The normalized spacial score (nSPS) is 13.1. The molecule has 0 radical (unpaired) electrons. The van der Waals surface area contributed by atoms with E-state index in [-0.39, 0.29) is 15.9 Å². The number of benzene rings is 2. The molecule has 1 N–H and O–H groups in total. The maximum Gasteiger partial charge on any atom is 0.326 e. The number of carboxylic acid groups (broad SMARTS) is 1. The number of aliphatic carboxylic acids is 1. The second-order valence-electron chi connectivity index (χ2n) is 5.89. The molecule has 2 aromatic carbocycles. The standard InChI is InChI=1S/C19H17FN2O3S/c1-3-14(18(24)25)22-15-6-4-5-13(20)16(15)26-19(22)21-17(23)12-9-7-11(2)8-10-12/h4-10,14H,3H2,1-2H3,(H,24,25)/b21-19-. The van der Waals surface area contributed by atoms with Crippen molar-refractivity contribution in [3.63, 3.8) is 0 Å². The summed E-state index contributed by atoms with van der Waals surface area (Å²) in [6.07, 6.45) is 0.281. The van der Waals surface area contributed by atoms with Crippen molar-refractivity contribution in [1.29, 1.82) is 0 Å². The molecule has 0 saturated carbocycles. The molecule has 7 heteroatoms. The molecule has 0 saturated heterocycles. The predicted octanol–water partition coefficient (Wildman–Crippen LogP) is 3.93. The summed E-state index contributed by atoms with van der Waals surface area (Å²) in [4.78, 5) is 28.4. The Bertz CT molecular complexity index is 1050. The van der Waals surface area contributed by atoms with Crippen molar-refractivity contribution in [2.75, 3.05) is 0 Å². The van der Waals surface area contributed by atoms with E-state index in [0.717, 1.165) is 16.9 Å². The van der Waals surface area contributed by atoms with Gasteiger partial charge in [0, 0.05) is 5.56 Å². The first-order valence-electron chi connectivity index (χ1n) is 8.10. The Balaban J connectivity index is 2.24. The van der Waals surface area contributed by atoms with Gasteiger partial charge in [0.25, 0.3) is 5.91 Å². The van der Waals surface area contributed by atoms with Crippen LogP contribution in [-0.2, 0) is 4.79 Å². The van der Waals surface area contributed by atoms with E-state index >= 15 is 0 Å². The van der Waals surface area contributed by atoms with Crippen LogP contribution >= 0.6 is 11.3 Å². The first kappa shape index (κ1) is 18.0. The number of halogens is 1.